The van der Waals surface area contributed by atoms with Gasteiger partial charge in [-0.05, 0) is 38.7 Å². The lowest BCUT2D eigenvalue weighted by Gasteiger charge is -2.23. The van der Waals surface area contributed by atoms with Crippen molar-refractivity contribution in [2.75, 3.05) is 0 Å². The highest BCUT2D eigenvalue weighted by molar-refractivity contribution is 5.81. The van der Waals surface area contributed by atoms with Crippen molar-refractivity contribution in [2.24, 2.45) is 0 Å². The number of carbonyl (C=O) groups excluding carboxylic acids is 1. The number of amides is 1. The van der Waals surface area contributed by atoms with Gasteiger partial charge in [-0.25, -0.2) is 4.98 Å². The van der Waals surface area contributed by atoms with E-state index >= 15 is 0 Å². The Hall–Kier alpha value is -2.10. The van der Waals surface area contributed by atoms with Gasteiger partial charge in [0.25, 0.3) is 0 Å². The number of aromatic nitrogens is 2. The molecular formula is C20H27N3O. The van der Waals surface area contributed by atoms with Crippen molar-refractivity contribution in [3.63, 3.8) is 0 Å². The second-order valence-electron chi connectivity index (χ2n) is 7.46. The smallest absolute Gasteiger partial charge is 0.243 e. The van der Waals surface area contributed by atoms with Gasteiger partial charge in [-0.3, -0.25) is 4.79 Å². The van der Waals surface area contributed by atoms with Gasteiger partial charge >= 0.3 is 0 Å². The molecule has 1 heterocycles. The van der Waals surface area contributed by atoms with Crippen molar-refractivity contribution in [2.45, 2.75) is 64.5 Å². The summed E-state index contributed by atoms with van der Waals surface area (Å²) in [4.78, 5) is 17.2. The van der Waals surface area contributed by atoms with Gasteiger partial charge in [-0.15, -0.1) is 0 Å². The molecule has 0 aliphatic heterocycles. The number of rotatable bonds is 6. The van der Waals surface area contributed by atoms with E-state index in [-0.39, 0.29) is 17.5 Å². The summed E-state index contributed by atoms with van der Waals surface area (Å²) in [5.74, 6) is 1.35. The summed E-state index contributed by atoms with van der Waals surface area (Å²) in [6.45, 7) is 8.26. The minimum absolute atomic E-state index is 0.0578. The van der Waals surface area contributed by atoms with Crippen LogP contribution in [0.4, 0.5) is 0 Å². The fourth-order valence-electron chi connectivity index (χ4n) is 3.30. The number of nitrogens with zero attached hydrogens (tertiary/aromatic N) is 2. The Kier molecular flexibility index (Phi) is 4.48. The van der Waals surface area contributed by atoms with Crippen LogP contribution in [0.15, 0.2) is 36.7 Å². The monoisotopic (exact) mass is 325 g/mol. The van der Waals surface area contributed by atoms with Crippen molar-refractivity contribution in [1.29, 1.82) is 0 Å². The maximum absolute atomic E-state index is 12.8. The third kappa shape index (κ3) is 3.53. The molecule has 0 radical (unpaired) electrons. The van der Waals surface area contributed by atoms with E-state index in [1.165, 1.54) is 11.1 Å². The predicted molar refractivity (Wildman–Crippen MR) is 96.0 cm³/mol. The molecule has 1 aromatic carbocycles. The van der Waals surface area contributed by atoms with Gasteiger partial charge in [0, 0.05) is 23.9 Å². The molecule has 4 heteroatoms. The highest BCUT2D eigenvalue weighted by Gasteiger charge is 2.44. The molecule has 1 atom stereocenters. The summed E-state index contributed by atoms with van der Waals surface area (Å²) in [5.41, 5.74) is 2.51. The Bertz CT molecular complexity index is 728. The first-order valence-corrected chi connectivity index (χ1v) is 8.80. The molecule has 1 N–H and O–H groups in total. The van der Waals surface area contributed by atoms with Gasteiger partial charge in [0.05, 0.1) is 0 Å². The van der Waals surface area contributed by atoms with Crippen molar-refractivity contribution in [3.05, 3.63) is 53.6 Å². The molecule has 128 valence electrons. The van der Waals surface area contributed by atoms with Crippen LogP contribution in [0.1, 0.15) is 62.5 Å². The third-order valence-electron chi connectivity index (χ3n) is 4.88. The number of nitrogens with one attached hydrogen (secondary N) is 1. The summed E-state index contributed by atoms with van der Waals surface area (Å²) < 4.78 is 1.99. The van der Waals surface area contributed by atoms with Crippen LogP contribution in [0.3, 0.4) is 0 Å². The average molecular weight is 325 g/mol. The van der Waals surface area contributed by atoms with Crippen LogP contribution >= 0.6 is 0 Å². The normalized spacial score (nSPS) is 16.9. The van der Waals surface area contributed by atoms with Crippen LogP contribution in [0.5, 0.6) is 0 Å². The Morgan fingerprint density at radius 2 is 2.08 bits per heavy atom. The summed E-state index contributed by atoms with van der Waals surface area (Å²) in [6, 6.07) is 8.32. The minimum Gasteiger partial charge on any atom is -0.349 e. The van der Waals surface area contributed by atoms with E-state index in [4.69, 9.17) is 0 Å². The Morgan fingerprint density at radius 1 is 1.33 bits per heavy atom. The number of benzene rings is 1. The number of imidazole rings is 1. The van der Waals surface area contributed by atoms with Gasteiger partial charge < -0.3 is 9.88 Å². The molecule has 1 fully saturated rings. The molecular weight excluding hydrogens is 298 g/mol. The van der Waals surface area contributed by atoms with Crippen LogP contribution in [0, 0.1) is 6.92 Å². The fourth-order valence-corrected chi connectivity index (χ4v) is 3.30. The summed E-state index contributed by atoms with van der Waals surface area (Å²) >= 11 is 0. The van der Waals surface area contributed by atoms with Gasteiger partial charge in [0.2, 0.25) is 5.91 Å². The van der Waals surface area contributed by atoms with Crippen molar-refractivity contribution < 1.29 is 4.79 Å². The van der Waals surface area contributed by atoms with E-state index in [2.05, 4.69) is 55.3 Å². The van der Waals surface area contributed by atoms with Crippen LogP contribution < -0.4 is 5.32 Å². The first-order chi connectivity index (χ1) is 11.4. The van der Waals surface area contributed by atoms with Crippen molar-refractivity contribution in [1.82, 2.24) is 14.9 Å². The Morgan fingerprint density at radius 3 is 2.71 bits per heavy atom. The average Bonchev–Trinajstić information content (AvgIpc) is 3.09. The Labute approximate surface area is 144 Å². The third-order valence-corrected chi connectivity index (χ3v) is 4.88. The molecule has 1 aliphatic rings. The zero-order chi connectivity index (χ0) is 17.3. The molecule has 1 unspecified atom stereocenters. The molecule has 0 bridgehead atoms. The number of hydrogen-bond donors (Lipinski definition) is 1. The molecule has 1 aliphatic carbocycles. The van der Waals surface area contributed by atoms with E-state index < -0.39 is 0 Å². The molecule has 1 aromatic heterocycles. The maximum atomic E-state index is 12.8. The first-order valence-electron chi connectivity index (χ1n) is 8.80. The molecule has 2 aromatic rings. The second kappa shape index (κ2) is 6.42. The van der Waals surface area contributed by atoms with E-state index in [1.54, 1.807) is 6.20 Å². The predicted octanol–water partition coefficient (Wildman–Crippen LogP) is 3.77. The number of aryl methyl sites for hydroxylation is 1. The van der Waals surface area contributed by atoms with Crippen LogP contribution in [-0.2, 0) is 11.2 Å². The van der Waals surface area contributed by atoms with Gasteiger partial charge in [0.1, 0.15) is 11.9 Å². The van der Waals surface area contributed by atoms with Gasteiger partial charge in [-0.2, -0.15) is 0 Å². The topological polar surface area (TPSA) is 46.9 Å². The van der Waals surface area contributed by atoms with Crippen molar-refractivity contribution in [3.8, 4) is 0 Å². The lowest BCUT2D eigenvalue weighted by molar-refractivity contribution is -0.124. The van der Waals surface area contributed by atoms with Crippen LogP contribution in [0.2, 0.25) is 0 Å². The van der Waals surface area contributed by atoms with Gasteiger partial charge in [-0.1, -0.05) is 43.7 Å². The standard InChI is InChI=1S/C20H27N3O/c1-14(2)18-21-10-11-23(18)16(4)19(24)22-20(8-9-20)13-17-7-5-6-15(3)12-17/h5-7,10-12,14,16H,8-9,13H2,1-4H3,(H,22,24). The van der Waals surface area contributed by atoms with E-state index in [9.17, 15) is 4.79 Å². The molecule has 1 amide bonds. The fraction of sp³-hybridized carbons (Fsp3) is 0.500. The van der Waals surface area contributed by atoms with Crippen LogP contribution in [-0.4, -0.2) is 21.0 Å². The zero-order valence-electron chi connectivity index (χ0n) is 15.0. The van der Waals surface area contributed by atoms with Crippen LogP contribution in [0.25, 0.3) is 0 Å². The molecule has 3 rings (SSSR count). The van der Waals surface area contributed by atoms with E-state index in [0.29, 0.717) is 5.92 Å². The summed E-state index contributed by atoms with van der Waals surface area (Å²) in [6.07, 6.45) is 6.70. The largest absolute Gasteiger partial charge is 0.349 e. The highest BCUT2D eigenvalue weighted by Crippen LogP contribution is 2.39. The van der Waals surface area contributed by atoms with E-state index in [0.717, 1.165) is 25.1 Å². The first kappa shape index (κ1) is 16.7. The SMILES string of the molecule is Cc1cccc(CC2(NC(=O)C(C)n3ccnc3C(C)C)CC2)c1. The molecule has 24 heavy (non-hydrogen) atoms. The molecule has 0 saturated heterocycles. The molecule has 1 saturated carbocycles. The van der Waals surface area contributed by atoms with Gasteiger partial charge in [0.15, 0.2) is 0 Å². The van der Waals surface area contributed by atoms with Crippen molar-refractivity contribution >= 4 is 5.91 Å². The number of hydrogen-bond acceptors (Lipinski definition) is 2. The Balaban J connectivity index is 1.69. The molecule has 0 spiro atoms. The maximum Gasteiger partial charge on any atom is 0.243 e. The second-order valence-corrected chi connectivity index (χ2v) is 7.46. The summed E-state index contributed by atoms with van der Waals surface area (Å²) in [5, 5.41) is 3.30. The minimum atomic E-state index is -0.236. The highest BCUT2D eigenvalue weighted by atomic mass is 16.2. The lowest BCUT2D eigenvalue weighted by Crippen LogP contribution is -2.42. The molecule has 4 nitrogen and oxygen atoms in total. The quantitative estimate of drug-likeness (QED) is 0.879. The van der Waals surface area contributed by atoms with E-state index in [1.807, 2.05) is 17.7 Å². The zero-order valence-corrected chi connectivity index (χ0v) is 15.0. The number of carbonyl (C=O) groups is 1. The summed E-state index contributed by atoms with van der Waals surface area (Å²) in [7, 11) is 0. The lowest BCUT2D eigenvalue weighted by atomic mass is 10.0.